The van der Waals surface area contributed by atoms with Crippen LogP contribution in [0.1, 0.15) is 98.4 Å². The maximum Gasteiger partial charge on any atom is 0.495 e. The Morgan fingerprint density at radius 2 is 0.944 bits per heavy atom. The Kier molecular flexibility index (Phi) is 9.69. The molecule has 280 valence electrons. The van der Waals surface area contributed by atoms with Crippen LogP contribution in [0.3, 0.4) is 0 Å². The van der Waals surface area contributed by atoms with Gasteiger partial charge in [0.1, 0.15) is 0 Å². The number of anilines is 2. The number of carbonyl (C=O) groups is 2. The lowest BCUT2D eigenvalue weighted by atomic mass is 9.75. The molecule has 4 aromatic carbocycles. The van der Waals surface area contributed by atoms with Crippen molar-refractivity contribution in [2.24, 2.45) is 0 Å². The Balaban J connectivity index is 0.000000167. The van der Waals surface area contributed by atoms with Crippen LogP contribution in [0, 0.1) is 13.8 Å². The van der Waals surface area contributed by atoms with E-state index in [9.17, 15) is 9.59 Å². The topological polar surface area (TPSA) is 77.5 Å². The van der Waals surface area contributed by atoms with Gasteiger partial charge in [0.15, 0.2) is 0 Å². The van der Waals surface area contributed by atoms with Crippen molar-refractivity contribution < 1.29 is 28.2 Å². The summed E-state index contributed by atoms with van der Waals surface area (Å²) in [4.78, 5) is 29.5. The van der Waals surface area contributed by atoms with Crippen LogP contribution < -0.4 is 20.7 Å². The Labute approximate surface area is 329 Å². The number of hydrogen-bond donors (Lipinski definition) is 0. The molecule has 2 fully saturated rings. The number of halogens is 2. The van der Waals surface area contributed by atoms with Gasteiger partial charge in [-0.25, -0.2) is 0 Å². The van der Waals surface area contributed by atoms with Crippen molar-refractivity contribution in [3.8, 4) is 0 Å². The lowest BCUT2D eigenvalue weighted by Gasteiger charge is -2.32. The normalized spacial score (nSPS) is 20.3. The van der Waals surface area contributed by atoms with Gasteiger partial charge >= 0.3 is 14.2 Å². The van der Waals surface area contributed by atoms with Gasteiger partial charge in [-0.05, 0) is 145 Å². The molecule has 0 spiro atoms. The molecule has 0 atom stereocenters. The van der Waals surface area contributed by atoms with Gasteiger partial charge in [-0.15, -0.1) is 0 Å². The lowest BCUT2D eigenvalue weighted by Crippen LogP contribution is -2.41. The second-order valence-electron chi connectivity index (χ2n) is 16.5. The van der Waals surface area contributed by atoms with Gasteiger partial charge in [-0.2, -0.15) is 0 Å². The molecule has 4 heterocycles. The third kappa shape index (κ3) is 6.59. The maximum atomic E-state index is 12.9. The minimum Gasteiger partial charge on any atom is -0.399 e. The first-order valence-corrected chi connectivity index (χ1v) is 19.1. The van der Waals surface area contributed by atoms with Crippen LogP contribution in [0.4, 0.5) is 11.4 Å². The molecule has 0 radical (unpaired) electrons. The zero-order valence-electron chi connectivity index (χ0n) is 32.6. The molecule has 0 bridgehead atoms. The molecule has 2 amide bonds. The molecule has 4 aliphatic rings. The van der Waals surface area contributed by atoms with Gasteiger partial charge in [0.05, 0.1) is 35.5 Å². The van der Waals surface area contributed by atoms with E-state index < -0.39 is 36.6 Å². The fourth-order valence-electron chi connectivity index (χ4n) is 7.27. The fourth-order valence-corrected chi connectivity index (χ4v) is 7.64. The number of nitrogens with zero attached hydrogens (tertiary/aromatic N) is 2. The second kappa shape index (κ2) is 13.5. The standard InChI is InChI=1S/2C21H23BClNO3/c1-13-17(22-26-20(2,3)21(4,5)27-22)7-6-8-18(13)24-12-14-11-15(23)9-10-16(14)19(24)25;1-13-17(22-26-20(2,3)21(4,5)27-22)7-6-8-18(13)24-12-14-9-10-15(23)11-16(14)19(24)25/h2*6-11H,12H2,1-5H3. The van der Waals surface area contributed by atoms with E-state index in [0.717, 1.165) is 44.6 Å². The number of benzene rings is 4. The summed E-state index contributed by atoms with van der Waals surface area (Å²) in [6.07, 6.45) is 0. The maximum absolute atomic E-state index is 12.9. The first-order chi connectivity index (χ1) is 25.2. The summed E-state index contributed by atoms with van der Waals surface area (Å²) in [5.74, 6) is -0.0301. The van der Waals surface area contributed by atoms with Gasteiger partial charge in [0, 0.05) is 32.5 Å². The van der Waals surface area contributed by atoms with Gasteiger partial charge < -0.3 is 28.4 Å². The summed E-state index contributed by atoms with van der Waals surface area (Å²) in [7, 11) is -0.908. The predicted octanol–water partition coefficient (Wildman–Crippen LogP) is 8.22. The Hall–Kier alpha value is -3.63. The van der Waals surface area contributed by atoms with Crippen molar-refractivity contribution in [2.45, 2.75) is 105 Å². The molecule has 12 heteroatoms. The minimum atomic E-state index is -0.454. The number of rotatable bonds is 4. The van der Waals surface area contributed by atoms with Crippen molar-refractivity contribution in [2.75, 3.05) is 9.80 Å². The van der Waals surface area contributed by atoms with Gasteiger partial charge in [0.25, 0.3) is 11.8 Å². The molecule has 54 heavy (non-hydrogen) atoms. The van der Waals surface area contributed by atoms with Crippen molar-refractivity contribution in [1.82, 2.24) is 0 Å². The Morgan fingerprint density at radius 3 is 1.43 bits per heavy atom. The quantitative estimate of drug-likeness (QED) is 0.195. The Bertz CT molecular complexity index is 2070. The zero-order chi connectivity index (χ0) is 39.1. The van der Waals surface area contributed by atoms with E-state index in [1.165, 1.54) is 0 Å². The van der Waals surface area contributed by atoms with E-state index in [0.29, 0.717) is 34.3 Å². The molecule has 0 unspecified atom stereocenters. The first-order valence-electron chi connectivity index (χ1n) is 18.3. The molecule has 4 aromatic rings. The summed E-state index contributed by atoms with van der Waals surface area (Å²) in [6.45, 7) is 21.4. The third-order valence-electron chi connectivity index (χ3n) is 12.0. The second-order valence-corrected chi connectivity index (χ2v) is 17.4. The molecule has 2 saturated heterocycles. The highest BCUT2D eigenvalue weighted by atomic mass is 35.5. The summed E-state index contributed by atoms with van der Waals surface area (Å²) in [6, 6.07) is 22.8. The number of carbonyl (C=O) groups excluding carboxylic acids is 2. The minimum absolute atomic E-state index is 0.00386. The third-order valence-corrected chi connectivity index (χ3v) is 12.5. The molecule has 0 saturated carbocycles. The van der Waals surface area contributed by atoms with E-state index in [2.05, 4.69) is 0 Å². The van der Waals surface area contributed by atoms with Crippen molar-refractivity contribution in [3.63, 3.8) is 0 Å². The fraction of sp³-hybridized carbons (Fsp3) is 0.381. The SMILES string of the molecule is Cc1c(B2OC(C)(C)C(C)(C)O2)cccc1N1Cc2cc(Cl)ccc2C1=O.Cc1c(B2OC(C)(C)C(C)(C)O2)cccc1N1Cc2ccc(Cl)cc2C1=O. The van der Waals surface area contributed by atoms with Crippen LogP contribution in [-0.4, -0.2) is 48.5 Å². The van der Waals surface area contributed by atoms with Crippen molar-refractivity contribution in [3.05, 3.63) is 116 Å². The molecule has 8 rings (SSSR count). The number of fused-ring (bicyclic) bond motifs is 2. The summed E-state index contributed by atoms with van der Waals surface area (Å²) >= 11 is 12.2. The van der Waals surface area contributed by atoms with Crippen molar-refractivity contribution >= 4 is 71.6 Å². The average molecular weight is 767 g/mol. The van der Waals surface area contributed by atoms with E-state index in [1.54, 1.807) is 28.0 Å². The predicted molar refractivity (Wildman–Crippen MR) is 218 cm³/mol. The van der Waals surface area contributed by atoms with Crippen LogP contribution >= 0.6 is 23.2 Å². The molecular weight excluding hydrogens is 721 g/mol. The lowest BCUT2D eigenvalue weighted by molar-refractivity contribution is 0.00578. The Morgan fingerprint density at radius 1 is 0.537 bits per heavy atom. The van der Waals surface area contributed by atoms with Gasteiger partial charge in [-0.3, -0.25) is 9.59 Å². The van der Waals surface area contributed by atoms with E-state index >= 15 is 0 Å². The van der Waals surface area contributed by atoms with Crippen molar-refractivity contribution in [1.29, 1.82) is 0 Å². The van der Waals surface area contributed by atoms with Crippen LogP contribution in [0.25, 0.3) is 0 Å². The smallest absolute Gasteiger partial charge is 0.399 e. The van der Waals surface area contributed by atoms with Crippen LogP contribution in [0.2, 0.25) is 10.0 Å². The molecule has 0 N–H and O–H groups in total. The molecule has 0 aliphatic carbocycles. The summed E-state index contributed by atoms with van der Waals surface area (Å²) in [5, 5.41) is 1.22. The highest BCUT2D eigenvalue weighted by molar-refractivity contribution is 6.63. The largest absolute Gasteiger partial charge is 0.495 e. The average Bonchev–Trinajstić information content (AvgIpc) is 3.72. The highest BCUT2D eigenvalue weighted by Crippen LogP contribution is 2.40. The van der Waals surface area contributed by atoms with Gasteiger partial charge in [0.2, 0.25) is 0 Å². The highest BCUT2D eigenvalue weighted by Gasteiger charge is 2.53. The van der Waals surface area contributed by atoms with Crippen LogP contribution in [-0.2, 0) is 31.7 Å². The molecular formula is C42H46B2Cl2N2O6. The van der Waals surface area contributed by atoms with Gasteiger partial charge in [-0.1, -0.05) is 53.5 Å². The number of hydrogen-bond acceptors (Lipinski definition) is 6. The van der Waals surface area contributed by atoms with Crippen LogP contribution in [0.5, 0.6) is 0 Å². The van der Waals surface area contributed by atoms with Crippen LogP contribution in [0.15, 0.2) is 72.8 Å². The van der Waals surface area contributed by atoms with E-state index in [1.807, 2.05) is 124 Å². The van der Waals surface area contributed by atoms with E-state index in [4.69, 9.17) is 41.8 Å². The molecule has 8 nitrogen and oxygen atoms in total. The van der Waals surface area contributed by atoms with E-state index in [-0.39, 0.29) is 11.8 Å². The molecule has 0 aromatic heterocycles. The molecule has 4 aliphatic heterocycles. The zero-order valence-corrected chi connectivity index (χ0v) is 34.1. The first kappa shape index (κ1) is 38.6. The summed E-state index contributed by atoms with van der Waals surface area (Å²) in [5.41, 5.74) is 7.33. The monoisotopic (exact) mass is 766 g/mol. The number of amides is 2. The summed E-state index contributed by atoms with van der Waals surface area (Å²) < 4.78 is 24.8.